The van der Waals surface area contributed by atoms with Crippen molar-refractivity contribution in [2.75, 3.05) is 20.1 Å². The molecular formula is C15H32N2. The van der Waals surface area contributed by atoms with Gasteiger partial charge in [-0.3, -0.25) is 4.90 Å². The van der Waals surface area contributed by atoms with Gasteiger partial charge in [-0.2, -0.15) is 0 Å². The molecule has 0 amide bonds. The lowest BCUT2D eigenvalue weighted by atomic mass is 9.83. The minimum atomic E-state index is 0.262. The van der Waals surface area contributed by atoms with Crippen LogP contribution in [0.5, 0.6) is 0 Å². The molecule has 0 spiro atoms. The lowest BCUT2D eigenvalue weighted by Crippen LogP contribution is -2.53. The summed E-state index contributed by atoms with van der Waals surface area (Å²) in [6, 6.07) is 0. The summed E-state index contributed by atoms with van der Waals surface area (Å²) in [5.74, 6) is 0.722. The van der Waals surface area contributed by atoms with E-state index < -0.39 is 0 Å². The van der Waals surface area contributed by atoms with E-state index in [-0.39, 0.29) is 5.54 Å². The molecule has 1 atom stereocenters. The monoisotopic (exact) mass is 240 g/mol. The standard InChI is InChI=1S/C15H32N2/c1-13(2)11-17(5)15(12-16)8-6-7-14(3,4)9-10-15/h13H,6-12,16H2,1-5H3. The molecule has 0 aromatic carbocycles. The molecule has 2 heteroatoms. The third-order valence-corrected chi connectivity index (χ3v) is 4.59. The van der Waals surface area contributed by atoms with Crippen molar-refractivity contribution in [3.8, 4) is 0 Å². The summed E-state index contributed by atoms with van der Waals surface area (Å²) in [6.07, 6.45) is 6.53. The molecule has 0 aliphatic heterocycles. The first-order chi connectivity index (χ1) is 7.81. The van der Waals surface area contributed by atoms with Crippen LogP contribution in [-0.2, 0) is 0 Å². The van der Waals surface area contributed by atoms with Gasteiger partial charge < -0.3 is 5.73 Å². The van der Waals surface area contributed by atoms with E-state index in [2.05, 4.69) is 39.6 Å². The third kappa shape index (κ3) is 3.96. The molecule has 0 saturated heterocycles. The van der Waals surface area contributed by atoms with Crippen LogP contribution in [0.15, 0.2) is 0 Å². The molecule has 1 saturated carbocycles. The zero-order valence-electron chi connectivity index (χ0n) is 12.6. The van der Waals surface area contributed by atoms with Crippen LogP contribution in [0, 0.1) is 11.3 Å². The summed E-state index contributed by atoms with van der Waals surface area (Å²) < 4.78 is 0. The van der Waals surface area contributed by atoms with E-state index in [1.54, 1.807) is 0 Å². The first-order valence-electron chi connectivity index (χ1n) is 7.23. The van der Waals surface area contributed by atoms with Gasteiger partial charge >= 0.3 is 0 Å². The average Bonchev–Trinajstić information content (AvgIpc) is 2.36. The van der Waals surface area contributed by atoms with Gasteiger partial charge in [-0.15, -0.1) is 0 Å². The van der Waals surface area contributed by atoms with Gasteiger partial charge in [0.15, 0.2) is 0 Å². The van der Waals surface area contributed by atoms with Crippen molar-refractivity contribution in [1.82, 2.24) is 4.90 Å². The molecule has 0 aromatic rings. The maximum atomic E-state index is 6.13. The molecule has 0 bridgehead atoms. The van der Waals surface area contributed by atoms with Crippen LogP contribution in [0.3, 0.4) is 0 Å². The smallest absolute Gasteiger partial charge is 0.0329 e. The van der Waals surface area contributed by atoms with E-state index in [1.165, 1.54) is 32.1 Å². The Balaban J connectivity index is 2.74. The Hall–Kier alpha value is -0.0800. The molecule has 1 rings (SSSR count). The molecule has 17 heavy (non-hydrogen) atoms. The Morgan fingerprint density at radius 2 is 1.76 bits per heavy atom. The van der Waals surface area contributed by atoms with Gasteiger partial charge in [-0.1, -0.05) is 34.1 Å². The number of rotatable bonds is 4. The largest absolute Gasteiger partial charge is 0.329 e. The fourth-order valence-corrected chi connectivity index (χ4v) is 3.20. The third-order valence-electron chi connectivity index (χ3n) is 4.59. The normalized spacial score (nSPS) is 29.6. The van der Waals surface area contributed by atoms with Gasteiger partial charge in [0.1, 0.15) is 0 Å². The summed E-state index contributed by atoms with van der Waals surface area (Å²) in [4.78, 5) is 2.54. The van der Waals surface area contributed by atoms with Gasteiger partial charge in [-0.25, -0.2) is 0 Å². The second-order valence-corrected chi connectivity index (χ2v) is 7.22. The minimum Gasteiger partial charge on any atom is -0.329 e. The molecular weight excluding hydrogens is 208 g/mol. The SMILES string of the molecule is CC(C)CN(C)C1(CN)CCCC(C)(C)CC1. The molecule has 2 N–H and O–H groups in total. The van der Waals surface area contributed by atoms with E-state index in [4.69, 9.17) is 5.73 Å². The van der Waals surface area contributed by atoms with E-state index in [9.17, 15) is 0 Å². The van der Waals surface area contributed by atoms with Crippen molar-refractivity contribution >= 4 is 0 Å². The summed E-state index contributed by atoms with van der Waals surface area (Å²) in [5, 5.41) is 0. The second-order valence-electron chi connectivity index (χ2n) is 7.22. The Morgan fingerprint density at radius 3 is 2.29 bits per heavy atom. The van der Waals surface area contributed by atoms with E-state index in [0.29, 0.717) is 5.41 Å². The minimum absolute atomic E-state index is 0.262. The zero-order valence-corrected chi connectivity index (χ0v) is 12.6. The zero-order chi connectivity index (χ0) is 13.1. The van der Waals surface area contributed by atoms with Crippen molar-refractivity contribution in [3.05, 3.63) is 0 Å². The highest BCUT2D eigenvalue weighted by molar-refractivity contribution is 4.94. The number of nitrogens with zero attached hydrogens (tertiary/aromatic N) is 1. The Kier molecular flexibility index (Phi) is 5.03. The summed E-state index contributed by atoms with van der Waals surface area (Å²) >= 11 is 0. The van der Waals surface area contributed by atoms with Gasteiger partial charge in [0.2, 0.25) is 0 Å². The number of likely N-dealkylation sites (N-methyl/N-ethyl adjacent to an activating group) is 1. The van der Waals surface area contributed by atoms with E-state index in [1.807, 2.05) is 0 Å². The topological polar surface area (TPSA) is 29.3 Å². The van der Waals surface area contributed by atoms with E-state index in [0.717, 1.165) is 19.0 Å². The van der Waals surface area contributed by atoms with Crippen LogP contribution in [0.1, 0.15) is 59.8 Å². The summed E-state index contributed by atoms with van der Waals surface area (Å²) in [7, 11) is 2.27. The molecule has 102 valence electrons. The Morgan fingerprint density at radius 1 is 1.12 bits per heavy atom. The molecule has 0 heterocycles. The van der Waals surface area contributed by atoms with E-state index >= 15 is 0 Å². The predicted molar refractivity (Wildman–Crippen MR) is 76.1 cm³/mol. The van der Waals surface area contributed by atoms with Gasteiger partial charge in [0, 0.05) is 18.6 Å². The van der Waals surface area contributed by atoms with Crippen LogP contribution in [0.4, 0.5) is 0 Å². The highest BCUT2D eigenvalue weighted by Crippen LogP contribution is 2.40. The molecule has 1 unspecified atom stereocenters. The quantitative estimate of drug-likeness (QED) is 0.764. The maximum absolute atomic E-state index is 6.13. The van der Waals surface area contributed by atoms with Gasteiger partial charge in [0.25, 0.3) is 0 Å². The average molecular weight is 240 g/mol. The second kappa shape index (κ2) is 5.71. The van der Waals surface area contributed by atoms with Crippen LogP contribution in [0.2, 0.25) is 0 Å². The molecule has 0 radical (unpaired) electrons. The predicted octanol–water partition coefficient (Wildman–Crippen LogP) is 3.26. The van der Waals surface area contributed by atoms with Crippen LogP contribution in [0.25, 0.3) is 0 Å². The molecule has 0 aromatic heterocycles. The van der Waals surface area contributed by atoms with Crippen molar-refractivity contribution in [3.63, 3.8) is 0 Å². The fraction of sp³-hybridized carbons (Fsp3) is 1.00. The first kappa shape index (κ1) is 15.0. The van der Waals surface area contributed by atoms with Crippen LogP contribution < -0.4 is 5.73 Å². The number of hydrogen-bond acceptors (Lipinski definition) is 2. The Bertz CT molecular complexity index is 235. The molecule has 1 aliphatic carbocycles. The maximum Gasteiger partial charge on any atom is 0.0329 e. The summed E-state index contributed by atoms with van der Waals surface area (Å²) in [5.41, 5.74) is 6.90. The van der Waals surface area contributed by atoms with Gasteiger partial charge in [-0.05, 0) is 44.1 Å². The lowest BCUT2D eigenvalue weighted by Gasteiger charge is -2.42. The molecule has 1 aliphatic rings. The highest BCUT2D eigenvalue weighted by atomic mass is 15.2. The highest BCUT2D eigenvalue weighted by Gasteiger charge is 2.37. The number of hydrogen-bond donors (Lipinski definition) is 1. The molecule has 2 nitrogen and oxygen atoms in total. The lowest BCUT2D eigenvalue weighted by molar-refractivity contribution is 0.0913. The first-order valence-corrected chi connectivity index (χ1v) is 7.23. The Labute approximate surface area is 108 Å². The fourth-order valence-electron chi connectivity index (χ4n) is 3.20. The van der Waals surface area contributed by atoms with Gasteiger partial charge in [0.05, 0.1) is 0 Å². The summed E-state index contributed by atoms with van der Waals surface area (Å²) in [6.45, 7) is 11.4. The molecule has 1 fully saturated rings. The van der Waals surface area contributed by atoms with Crippen molar-refractivity contribution < 1.29 is 0 Å². The van der Waals surface area contributed by atoms with Crippen LogP contribution in [-0.4, -0.2) is 30.6 Å². The van der Waals surface area contributed by atoms with Crippen molar-refractivity contribution in [2.24, 2.45) is 17.1 Å². The van der Waals surface area contributed by atoms with Crippen LogP contribution >= 0.6 is 0 Å². The van der Waals surface area contributed by atoms with Crippen molar-refractivity contribution in [2.45, 2.75) is 65.3 Å². The number of nitrogens with two attached hydrogens (primary N) is 1. The van der Waals surface area contributed by atoms with Crippen molar-refractivity contribution in [1.29, 1.82) is 0 Å².